The molecular weight excluding hydrogens is 276 g/mol. The van der Waals surface area contributed by atoms with Crippen molar-refractivity contribution in [3.8, 4) is 0 Å². The molecule has 0 spiro atoms. The molecule has 0 fully saturated rings. The molecule has 0 radical (unpaired) electrons. The van der Waals surface area contributed by atoms with Gasteiger partial charge in [-0.25, -0.2) is 4.79 Å². The Labute approximate surface area is 130 Å². The lowest BCUT2D eigenvalue weighted by molar-refractivity contribution is -0.139. The topological polar surface area (TPSA) is 46.5 Å². The first-order valence-corrected chi connectivity index (χ1v) is 7.29. The second kappa shape index (κ2) is 7.57. The average Bonchev–Trinajstić information content (AvgIpc) is 2.57. The molecule has 0 heterocycles. The molecule has 0 aromatic heterocycles. The number of carbonyl (C=O) groups excluding carboxylic acids is 1. The predicted octanol–water partition coefficient (Wildman–Crippen LogP) is 3.62. The van der Waals surface area contributed by atoms with Crippen LogP contribution in [0.15, 0.2) is 72.8 Å². The van der Waals surface area contributed by atoms with Crippen molar-refractivity contribution in [2.75, 3.05) is 6.61 Å². The third-order valence-electron chi connectivity index (χ3n) is 3.53. The number of carbonyl (C=O) groups is 1. The molecule has 2 aromatic rings. The lowest BCUT2D eigenvalue weighted by atomic mass is 9.84. The SMILES string of the molecule is C=C(C(=O)OCC)[C@@H](c1ccccc1)[C@H](O)c1ccccc1. The summed E-state index contributed by atoms with van der Waals surface area (Å²) >= 11 is 0. The zero-order valence-corrected chi connectivity index (χ0v) is 12.6. The Morgan fingerprint density at radius 2 is 1.55 bits per heavy atom. The van der Waals surface area contributed by atoms with Gasteiger partial charge in [-0.2, -0.15) is 0 Å². The van der Waals surface area contributed by atoms with E-state index in [4.69, 9.17) is 4.74 Å². The number of rotatable bonds is 6. The molecule has 0 bridgehead atoms. The molecule has 0 amide bonds. The lowest BCUT2D eigenvalue weighted by Gasteiger charge is -2.25. The van der Waals surface area contributed by atoms with E-state index in [1.807, 2.05) is 60.7 Å². The fourth-order valence-corrected chi connectivity index (χ4v) is 2.43. The lowest BCUT2D eigenvalue weighted by Crippen LogP contribution is -2.20. The number of benzene rings is 2. The summed E-state index contributed by atoms with van der Waals surface area (Å²) in [5.74, 6) is -1.02. The van der Waals surface area contributed by atoms with Gasteiger partial charge >= 0.3 is 5.97 Å². The zero-order chi connectivity index (χ0) is 15.9. The summed E-state index contributed by atoms with van der Waals surface area (Å²) in [6.07, 6.45) is -0.861. The molecule has 0 aliphatic heterocycles. The number of ether oxygens (including phenoxy) is 1. The van der Waals surface area contributed by atoms with Crippen molar-refractivity contribution < 1.29 is 14.6 Å². The normalized spacial score (nSPS) is 13.2. The molecule has 0 saturated heterocycles. The minimum absolute atomic E-state index is 0.254. The first-order valence-electron chi connectivity index (χ1n) is 7.29. The monoisotopic (exact) mass is 296 g/mol. The summed E-state index contributed by atoms with van der Waals surface area (Å²) in [4.78, 5) is 12.1. The van der Waals surface area contributed by atoms with Crippen molar-refractivity contribution in [2.24, 2.45) is 0 Å². The van der Waals surface area contributed by atoms with Crippen molar-refractivity contribution >= 4 is 5.97 Å². The third kappa shape index (κ3) is 3.62. The summed E-state index contributed by atoms with van der Waals surface area (Å²) in [7, 11) is 0. The van der Waals surface area contributed by atoms with Crippen LogP contribution in [-0.2, 0) is 9.53 Å². The van der Waals surface area contributed by atoms with Crippen LogP contribution in [0.3, 0.4) is 0 Å². The van der Waals surface area contributed by atoms with Crippen molar-refractivity contribution in [3.05, 3.63) is 83.9 Å². The Kier molecular flexibility index (Phi) is 5.50. The first kappa shape index (κ1) is 16.0. The molecule has 114 valence electrons. The first-order chi connectivity index (χ1) is 10.6. The van der Waals surface area contributed by atoms with E-state index in [0.717, 1.165) is 11.1 Å². The van der Waals surface area contributed by atoms with Gasteiger partial charge in [-0.05, 0) is 18.1 Å². The van der Waals surface area contributed by atoms with Gasteiger partial charge in [0.05, 0.1) is 12.7 Å². The molecule has 0 unspecified atom stereocenters. The van der Waals surface area contributed by atoms with Crippen LogP contribution in [0, 0.1) is 0 Å². The Morgan fingerprint density at radius 3 is 2.05 bits per heavy atom. The Balaban J connectivity index is 2.38. The molecule has 22 heavy (non-hydrogen) atoms. The van der Waals surface area contributed by atoms with E-state index in [2.05, 4.69) is 6.58 Å². The second-order valence-electron chi connectivity index (χ2n) is 4.99. The smallest absolute Gasteiger partial charge is 0.334 e. The van der Waals surface area contributed by atoms with Gasteiger partial charge in [0.15, 0.2) is 0 Å². The van der Waals surface area contributed by atoms with E-state index >= 15 is 0 Å². The van der Waals surface area contributed by atoms with Gasteiger partial charge in [0.1, 0.15) is 0 Å². The van der Waals surface area contributed by atoms with Crippen molar-refractivity contribution in [2.45, 2.75) is 18.9 Å². The van der Waals surface area contributed by atoms with Crippen LogP contribution in [0.1, 0.15) is 30.1 Å². The molecule has 2 aromatic carbocycles. The molecule has 2 atom stereocenters. The van der Waals surface area contributed by atoms with Crippen molar-refractivity contribution in [3.63, 3.8) is 0 Å². The van der Waals surface area contributed by atoms with Crippen LogP contribution in [0.25, 0.3) is 0 Å². The van der Waals surface area contributed by atoms with Crippen LogP contribution in [0.5, 0.6) is 0 Å². The zero-order valence-electron chi connectivity index (χ0n) is 12.6. The van der Waals surface area contributed by atoms with E-state index in [-0.39, 0.29) is 12.2 Å². The van der Waals surface area contributed by atoms with Crippen LogP contribution >= 0.6 is 0 Å². The standard InChI is InChI=1S/C19H20O3/c1-3-22-19(21)14(2)17(15-10-6-4-7-11-15)18(20)16-12-8-5-9-13-16/h4-13,17-18,20H,2-3H2,1H3/t17-,18+/m0/s1. The van der Waals surface area contributed by atoms with Gasteiger partial charge in [0.25, 0.3) is 0 Å². The summed E-state index contributed by atoms with van der Waals surface area (Å²) < 4.78 is 5.04. The molecule has 0 aliphatic rings. The minimum atomic E-state index is -0.861. The van der Waals surface area contributed by atoms with Gasteiger partial charge in [-0.1, -0.05) is 67.2 Å². The number of hydrogen-bond donors (Lipinski definition) is 1. The Morgan fingerprint density at radius 1 is 1.05 bits per heavy atom. The quantitative estimate of drug-likeness (QED) is 0.654. The maximum atomic E-state index is 12.1. The molecular formula is C19H20O3. The summed E-state index contributed by atoms with van der Waals surface area (Å²) in [6, 6.07) is 18.6. The predicted molar refractivity (Wildman–Crippen MR) is 86.4 cm³/mol. The second-order valence-corrected chi connectivity index (χ2v) is 4.99. The summed E-state index contributed by atoms with van der Waals surface area (Å²) in [6.45, 7) is 5.89. The summed E-state index contributed by atoms with van der Waals surface area (Å²) in [5.41, 5.74) is 1.82. The van der Waals surface area contributed by atoms with Gasteiger partial charge in [-0.15, -0.1) is 0 Å². The van der Waals surface area contributed by atoms with E-state index in [9.17, 15) is 9.90 Å². The van der Waals surface area contributed by atoms with Crippen LogP contribution in [0.4, 0.5) is 0 Å². The molecule has 3 nitrogen and oxygen atoms in total. The number of aliphatic hydroxyl groups is 1. The highest BCUT2D eigenvalue weighted by Crippen LogP contribution is 2.36. The van der Waals surface area contributed by atoms with Crippen LogP contribution < -0.4 is 0 Å². The Bertz CT molecular complexity index is 620. The highest BCUT2D eigenvalue weighted by Gasteiger charge is 2.29. The molecule has 0 aliphatic carbocycles. The fraction of sp³-hybridized carbons (Fsp3) is 0.211. The fourth-order valence-electron chi connectivity index (χ4n) is 2.43. The molecule has 3 heteroatoms. The van der Waals surface area contributed by atoms with E-state index < -0.39 is 18.0 Å². The van der Waals surface area contributed by atoms with E-state index in [0.29, 0.717) is 0 Å². The largest absolute Gasteiger partial charge is 0.463 e. The average molecular weight is 296 g/mol. The van der Waals surface area contributed by atoms with Gasteiger partial charge < -0.3 is 9.84 Å². The van der Waals surface area contributed by atoms with E-state index in [1.165, 1.54) is 0 Å². The maximum Gasteiger partial charge on any atom is 0.334 e. The van der Waals surface area contributed by atoms with Crippen molar-refractivity contribution in [1.29, 1.82) is 0 Å². The maximum absolute atomic E-state index is 12.1. The summed E-state index contributed by atoms with van der Waals surface area (Å²) in [5, 5.41) is 10.8. The molecule has 0 saturated carbocycles. The number of aliphatic hydroxyl groups excluding tert-OH is 1. The minimum Gasteiger partial charge on any atom is -0.463 e. The van der Waals surface area contributed by atoms with Gasteiger partial charge in [-0.3, -0.25) is 0 Å². The Hall–Kier alpha value is -2.39. The number of esters is 1. The molecule has 1 N–H and O–H groups in total. The van der Waals surface area contributed by atoms with E-state index in [1.54, 1.807) is 6.92 Å². The highest BCUT2D eigenvalue weighted by atomic mass is 16.5. The highest BCUT2D eigenvalue weighted by molar-refractivity contribution is 5.89. The van der Waals surface area contributed by atoms with Gasteiger partial charge in [0, 0.05) is 11.5 Å². The van der Waals surface area contributed by atoms with Crippen LogP contribution in [0.2, 0.25) is 0 Å². The van der Waals surface area contributed by atoms with Gasteiger partial charge in [0.2, 0.25) is 0 Å². The van der Waals surface area contributed by atoms with Crippen molar-refractivity contribution in [1.82, 2.24) is 0 Å². The third-order valence-corrected chi connectivity index (χ3v) is 3.53. The molecule has 2 rings (SSSR count). The van der Waals surface area contributed by atoms with Crippen LogP contribution in [-0.4, -0.2) is 17.7 Å². The number of hydrogen-bond acceptors (Lipinski definition) is 3.